The van der Waals surface area contributed by atoms with Gasteiger partial charge in [0.15, 0.2) is 0 Å². The maximum atomic E-state index is 11.9. The Labute approximate surface area is 94.1 Å². The molecule has 1 aromatic heterocycles. The van der Waals surface area contributed by atoms with Crippen LogP contribution in [0, 0.1) is 11.3 Å². The summed E-state index contributed by atoms with van der Waals surface area (Å²) in [4.78, 5) is 11.9. The molecule has 0 saturated carbocycles. The summed E-state index contributed by atoms with van der Waals surface area (Å²) in [6.07, 6.45) is 4.15. The van der Waals surface area contributed by atoms with Crippen LogP contribution in [-0.2, 0) is 17.7 Å². The summed E-state index contributed by atoms with van der Waals surface area (Å²) < 4.78 is 7.13. The first kappa shape index (κ1) is 10.9. The molecule has 4 heteroatoms. The molecule has 0 amide bonds. The number of pyridine rings is 1. The van der Waals surface area contributed by atoms with Crippen molar-refractivity contribution in [3.05, 3.63) is 34.2 Å². The zero-order valence-corrected chi connectivity index (χ0v) is 9.06. The third-order valence-corrected chi connectivity index (χ3v) is 2.79. The molecular formula is C12H14N2O2. The SMILES string of the molecule is N#CCc1cccn(CC2CCCO2)c1=O. The van der Waals surface area contributed by atoms with Gasteiger partial charge in [-0.25, -0.2) is 0 Å². The van der Waals surface area contributed by atoms with Gasteiger partial charge in [0, 0.05) is 18.4 Å². The number of nitrogens with zero attached hydrogens (tertiary/aromatic N) is 2. The summed E-state index contributed by atoms with van der Waals surface area (Å²) in [6, 6.07) is 5.52. The number of hydrogen-bond acceptors (Lipinski definition) is 3. The number of aromatic nitrogens is 1. The Morgan fingerprint density at radius 3 is 3.19 bits per heavy atom. The second-order valence-electron chi connectivity index (χ2n) is 3.96. The Hall–Kier alpha value is -1.60. The molecule has 0 radical (unpaired) electrons. The van der Waals surface area contributed by atoms with Gasteiger partial charge in [-0.05, 0) is 18.9 Å². The molecule has 4 nitrogen and oxygen atoms in total. The highest BCUT2D eigenvalue weighted by Crippen LogP contribution is 2.13. The lowest BCUT2D eigenvalue weighted by atomic mass is 10.2. The van der Waals surface area contributed by atoms with E-state index >= 15 is 0 Å². The quantitative estimate of drug-likeness (QED) is 0.763. The van der Waals surface area contributed by atoms with Crippen molar-refractivity contribution >= 4 is 0 Å². The van der Waals surface area contributed by atoms with Crippen molar-refractivity contribution in [2.24, 2.45) is 0 Å². The van der Waals surface area contributed by atoms with E-state index in [1.165, 1.54) is 0 Å². The van der Waals surface area contributed by atoms with Gasteiger partial charge in [0.1, 0.15) is 0 Å². The van der Waals surface area contributed by atoms with Crippen molar-refractivity contribution < 1.29 is 4.74 Å². The normalized spacial score (nSPS) is 19.6. The molecule has 1 unspecified atom stereocenters. The molecule has 0 bridgehead atoms. The second-order valence-corrected chi connectivity index (χ2v) is 3.96. The standard InChI is InChI=1S/C12H14N2O2/c13-6-5-10-3-1-7-14(12(10)15)9-11-4-2-8-16-11/h1,3,7,11H,2,4-5,8-9H2. The average Bonchev–Trinajstić information content (AvgIpc) is 2.77. The van der Waals surface area contributed by atoms with Crippen LogP contribution >= 0.6 is 0 Å². The van der Waals surface area contributed by atoms with Crippen LogP contribution in [0.5, 0.6) is 0 Å². The Kier molecular flexibility index (Phi) is 3.37. The monoisotopic (exact) mass is 218 g/mol. The van der Waals surface area contributed by atoms with E-state index in [4.69, 9.17) is 10.00 Å². The average molecular weight is 218 g/mol. The fraction of sp³-hybridized carbons (Fsp3) is 0.500. The van der Waals surface area contributed by atoms with Crippen LogP contribution < -0.4 is 5.56 Å². The Bertz CT molecular complexity index is 453. The van der Waals surface area contributed by atoms with Crippen LogP contribution in [-0.4, -0.2) is 17.3 Å². The van der Waals surface area contributed by atoms with E-state index in [2.05, 4.69) is 0 Å². The predicted octanol–water partition coefficient (Wildman–Crippen LogP) is 1.09. The highest BCUT2D eigenvalue weighted by atomic mass is 16.5. The molecule has 0 spiro atoms. The Balaban J connectivity index is 2.17. The fourth-order valence-corrected chi connectivity index (χ4v) is 1.96. The summed E-state index contributed by atoms with van der Waals surface area (Å²) in [5.41, 5.74) is 0.488. The van der Waals surface area contributed by atoms with Crippen molar-refractivity contribution in [3.8, 4) is 6.07 Å². The highest BCUT2D eigenvalue weighted by Gasteiger charge is 2.16. The van der Waals surface area contributed by atoms with Crippen LogP contribution in [0.25, 0.3) is 0 Å². The number of rotatable bonds is 3. The zero-order valence-electron chi connectivity index (χ0n) is 9.06. The fourth-order valence-electron chi connectivity index (χ4n) is 1.96. The molecule has 1 aromatic rings. The van der Waals surface area contributed by atoms with Crippen molar-refractivity contribution in [2.45, 2.75) is 31.9 Å². The molecule has 1 atom stereocenters. The van der Waals surface area contributed by atoms with Crippen molar-refractivity contribution in [1.29, 1.82) is 5.26 Å². The van der Waals surface area contributed by atoms with E-state index in [1.807, 2.05) is 12.1 Å². The molecule has 16 heavy (non-hydrogen) atoms. The van der Waals surface area contributed by atoms with Crippen LogP contribution in [0.2, 0.25) is 0 Å². The predicted molar refractivity (Wildman–Crippen MR) is 59.0 cm³/mol. The molecule has 2 heterocycles. The van der Waals surface area contributed by atoms with E-state index in [0.29, 0.717) is 12.1 Å². The van der Waals surface area contributed by atoms with Crippen molar-refractivity contribution in [3.63, 3.8) is 0 Å². The van der Waals surface area contributed by atoms with Crippen LogP contribution in [0.15, 0.2) is 23.1 Å². The first-order valence-electron chi connectivity index (χ1n) is 5.48. The summed E-state index contributed by atoms with van der Waals surface area (Å²) in [7, 11) is 0. The third kappa shape index (κ3) is 2.31. The van der Waals surface area contributed by atoms with Gasteiger partial charge in [-0.3, -0.25) is 4.79 Å². The molecule has 84 valence electrons. The zero-order chi connectivity index (χ0) is 11.4. The molecule has 2 rings (SSSR count). The van der Waals surface area contributed by atoms with Gasteiger partial charge in [0.25, 0.3) is 5.56 Å². The minimum atomic E-state index is -0.0699. The topological polar surface area (TPSA) is 55.0 Å². The minimum Gasteiger partial charge on any atom is -0.376 e. The van der Waals surface area contributed by atoms with Crippen molar-refractivity contribution in [1.82, 2.24) is 4.57 Å². The molecule has 0 N–H and O–H groups in total. The van der Waals surface area contributed by atoms with Crippen molar-refractivity contribution in [2.75, 3.05) is 6.61 Å². The first-order chi connectivity index (χ1) is 7.81. The van der Waals surface area contributed by atoms with Crippen LogP contribution in [0.4, 0.5) is 0 Å². The molecular weight excluding hydrogens is 204 g/mol. The minimum absolute atomic E-state index is 0.0699. The van der Waals surface area contributed by atoms with Gasteiger partial charge in [-0.1, -0.05) is 6.07 Å². The number of hydrogen-bond donors (Lipinski definition) is 0. The maximum absolute atomic E-state index is 11.9. The summed E-state index contributed by atoms with van der Waals surface area (Å²) in [5, 5.41) is 8.60. The molecule has 1 aliphatic heterocycles. The molecule has 1 fully saturated rings. The lowest BCUT2D eigenvalue weighted by Gasteiger charge is -2.12. The summed E-state index contributed by atoms with van der Waals surface area (Å²) in [5.74, 6) is 0. The van der Waals surface area contributed by atoms with E-state index < -0.39 is 0 Å². The van der Waals surface area contributed by atoms with Gasteiger partial charge in [-0.15, -0.1) is 0 Å². The lowest BCUT2D eigenvalue weighted by molar-refractivity contribution is 0.0961. The highest BCUT2D eigenvalue weighted by molar-refractivity contribution is 5.14. The largest absolute Gasteiger partial charge is 0.376 e. The molecule has 1 saturated heterocycles. The number of ether oxygens (including phenoxy) is 1. The smallest absolute Gasteiger partial charge is 0.254 e. The van der Waals surface area contributed by atoms with E-state index in [-0.39, 0.29) is 18.1 Å². The van der Waals surface area contributed by atoms with Gasteiger partial charge in [0.2, 0.25) is 0 Å². The van der Waals surface area contributed by atoms with Gasteiger partial charge in [-0.2, -0.15) is 5.26 Å². The Morgan fingerprint density at radius 1 is 1.62 bits per heavy atom. The second kappa shape index (κ2) is 4.95. The summed E-state index contributed by atoms with van der Waals surface area (Å²) >= 11 is 0. The van der Waals surface area contributed by atoms with Gasteiger partial charge in [0.05, 0.1) is 25.1 Å². The lowest BCUT2D eigenvalue weighted by Crippen LogP contribution is -2.27. The van der Waals surface area contributed by atoms with E-state index in [1.54, 1.807) is 16.8 Å². The van der Waals surface area contributed by atoms with Gasteiger partial charge < -0.3 is 9.30 Å². The maximum Gasteiger partial charge on any atom is 0.254 e. The van der Waals surface area contributed by atoms with Crippen LogP contribution in [0.1, 0.15) is 18.4 Å². The molecule has 0 aliphatic carbocycles. The number of nitriles is 1. The molecule has 0 aromatic carbocycles. The van der Waals surface area contributed by atoms with Gasteiger partial charge >= 0.3 is 0 Å². The molecule has 1 aliphatic rings. The third-order valence-electron chi connectivity index (χ3n) is 2.79. The van der Waals surface area contributed by atoms with Crippen LogP contribution in [0.3, 0.4) is 0 Å². The Morgan fingerprint density at radius 2 is 2.50 bits per heavy atom. The first-order valence-corrected chi connectivity index (χ1v) is 5.48. The van der Waals surface area contributed by atoms with E-state index in [0.717, 1.165) is 19.4 Å². The summed E-state index contributed by atoms with van der Waals surface area (Å²) in [6.45, 7) is 1.38. The van der Waals surface area contributed by atoms with E-state index in [9.17, 15) is 4.79 Å².